The average Bonchev–Trinajstić information content (AvgIpc) is 3.00. The molecule has 2 aromatic heterocycles. The minimum Gasteiger partial charge on any atom is -0.478 e. The number of hydrogen-bond donors (Lipinski definition) is 2. The normalized spacial score (nSPS) is 10.6. The van der Waals surface area contributed by atoms with E-state index in [1.165, 1.54) is 17.9 Å². The highest BCUT2D eigenvalue weighted by atomic mass is 16.4. The topological polar surface area (TPSA) is 102 Å². The van der Waals surface area contributed by atoms with Gasteiger partial charge >= 0.3 is 5.97 Å². The van der Waals surface area contributed by atoms with E-state index in [-0.39, 0.29) is 11.3 Å². The number of carbonyl (C=O) groups excluding carboxylic acids is 1. The predicted molar refractivity (Wildman–Crippen MR) is 74.1 cm³/mol. The number of aromatic nitrogens is 4. The van der Waals surface area contributed by atoms with Crippen LogP contribution in [-0.4, -0.2) is 43.1 Å². The lowest BCUT2D eigenvalue weighted by Crippen LogP contribution is -2.28. The summed E-state index contributed by atoms with van der Waals surface area (Å²) in [6.07, 6.45) is 5.57. The Morgan fingerprint density at radius 3 is 2.71 bits per heavy atom. The first-order valence-electron chi connectivity index (χ1n) is 6.51. The van der Waals surface area contributed by atoms with Crippen LogP contribution >= 0.6 is 0 Å². The number of amides is 1. The third kappa shape index (κ3) is 3.47. The molecule has 112 valence electrons. The molecule has 8 heteroatoms. The molecule has 2 heterocycles. The van der Waals surface area contributed by atoms with E-state index in [2.05, 4.69) is 15.5 Å². The molecule has 1 amide bonds. The Bertz CT molecular complexity index is 659. The van der Waals surface area contributed by atoms with E-state index < -0.39 is 11.9 Å². The van der Waals surface area contributed by atoms with Gasteiger partial charge in [-0.25, -0.2) is 4.79 Å². The molecule has 0 aliphatic rings. The number of carboxylic acids is 1. The number of aromatic carboxylic acids is 1. The van der Waals surface area contributed by atoms with Gasteiger partial charge in [0, 0.05) is 26.3 Å². The Labute approximate surface area is 121 Å². The van der Waals surface area contributed by atoms with Gasteiger partial charge in [0.25, 0.3) is 5.91 Å². The van der Waals surface area contributed by atoms with Gasteiger partial charge in [-0.1, -0.05) is 0 Å². The van der Waals surface area contributed by atoms with E-state index in [4.69, 9.17) is 5.11 Å². The predicted octanol–water partition coefficient (Wildman–Crippen LogP) is 0.443. The molecule has 0 spiro atoms. The largest absolute Gasteiger partial charge is 0.478 e. The second-order valence-corrected chi connectivity index (χ2v) is 4.73. The molecule has 0 unspecified atom stereocenters. The summed E-state index contributed by atoms with van der Waals surface area (Å²) >= 11 is 0. The fourth-order valence-electron chi connectivity index (χ4n) is 1.98. The van der Waals surface area contributed by atoms with Gasteiger partial charge in [0.2, 0.25) is 0 Å². The minimum absolute atomic E-state index is 0.0532. The molecule has 0 saturated heterocycles. The fraction of sp³-hybridized carbons (Fsp3) is 0.385. The number of hydrogen-bond acceptors (Lipinski definition) is 4. The van der Waals surface area contributed by atoms with Crippen LogP contribution in [0.2, 0.25) is 0 Å². The summed E-state index contributed by atoms with van der Waals surface area (Å²) in [4.78, 5) is 23.0. The molecule has 0 fully saturated rings. The van der Waals surface area contributed by atoms with Crippen LogP contribution in [-0.2, 0) is 13.6 Å². The molecule has 0 atom stereocenters. The number of nitrogens with zero attached hydrogens (tertiary/aromatic N) is 4. The van der Waals surface area contributed by atoms with Gasteiger partial charge in [-0.15, -0.1) is 0 Å². The Morgan fingerprint density at radius 2 is 2.10 bits per heavy atom. The maximum atomic E-state index is 12.0. The van der Waals surface area contributed by atoms with Crippen molar-refractivity contribution in [3.8, 4) is 0 Å². The van der Waals surface area contributed by atoms with Crippen LogP contribution in [0.3, 0.4) is 0 Å². The number of rotatable bonds is 6. The van der Waals surface area contributed by atoms with Crippen molar-refractivity contribution in [1.82, 2.24) is 24.9 Å². The van der Waals surface area contributed by atoms with E-state index in [1.54, 1.807) is 10.9 Å². The number of aryl methyl sites for hydroxylation is 3. The van der Waals surface area contributed by atoms with Crippen LogP contribution in [0, 0.1) is 6.92 Å². The van der Waals surface area contributed by atoms with Crippen molar-refractivity contribution in [3.63, 3.8) is 0 Å². The Morgan fingerprint density at radius 1 is 1.33 bits per heavy atom. The standard InChI is InChI=1S/C13H17N5O3/c1-9-6-16-18(8-9)5-3-4-14-12(19)11-10(13(20)21)7-15-17(11)2/h6-8H,3-5H2,1-2H3,(H,14,19)(H,20,21). The van der Waals surface area contributed by atoms with Gasteiger partial charge in [-0.3, -0.25) is 14.2 Å². The fourth-order valence-corrected chi connectivity index (χ4v) is 1.98. The van der Waals surface area contributed by atoms with Gasteiger partial charge < -0.3 is 10.4 Å². The second-order valence-electron chi connectivity index (χ2n) is 4.73. The molecular weight excluding hydrogens is 274 g/mol. The maximum Gasteiger partial charge on any atom is 0.339 e. The zero-order valence-electron chi connectivity index (χ0n) is 11.9. The lowest BCUT2D eigenvalue weighted by atomic mass is 10.2. The van der Waals surface area contributed by atoms with E-state index >= 15 is 0 Å². The van der Waals surface area contributed by atoms with Crippen LogP contribution in [0.15, 0.2) is 18.6 Å². The van der Waals surface area contributed by atoms with Crippen LogP contribution in [0.5, 0.6) is 0 Å². The first-order valence-corrected chi connectivity index (χ1v) is 6.51. The smallest absolute Gasteiger partial charge is 0.339 e. The molecule has 0 saturated carbocycles. The highest BCUT2D eigenvalue weighted by Gasteiger charge is 2.20. The molecule has 0 aliphatic heterocycles. The molecule has 0 aromatic carbocycles. The highest BCUT2D eigenvalue weighted by molar-refractivity contribution is 6.03. The monoisotopic (exact) mass is 291 g/mol. The van der Waals surface area contributed by atoms with E-state index in [0.29, 0.717) is 19.5 Å². The Kier molecular flexibility index (Phi) is 4.36. The second kappa shape index (κ2) is 6.21. The van der Waals surface area contributed by atoms with Crippen molar-refractivity contribution < 1.29 is 14.7 Å². The van der Waals surface area contributed by atoms with Crippen LogP contribution < -0.4 is 5.32 Å². The third-order valence-electron chi connectivity index (χ3n) is 3.00. The quantitative estimate of drug-likeness (QED) is 0.752. The van der Waals surface area contributed by atoms with Crippen molar-refractivity contribution in [2.24, 2.45) is 7.05 Å². The first kappa shape index (κ1) is 14.8. The van der Waals surface area contributed by atoms with Gasteiger partial charge in [-0.05, 0) is 18.9 Å². The Hall–Kier alpha value is -2.64. The zero-order chi connectivity index (χ0) is 15.4. The molecule has 0 radical (unpaired) electrons. The number of carboxylic acid groups (broad SMARTS) is 1. The number of nitrogens with one attached hydrogen (secondary N) is 1. The van der Waals surface area contributed by atoms with Crippen molar-refractivity contribution >= 4 is 11.9 Å². The van der Waals surface area contributed by atoms with Gasteiger partial charge in [0.05, 0.1) is 12.4 Å². The summed E-state index contributed by atoms with van der Waals surface area (Å²) in [5.74, 6) is -1.61. The van der Waals surface area contributed by atoms with Crippen molar-refractivity contribution in [2.45, 2.75) is 19.9 Å². The summed E-state index contributed by atoms with van der Waals surface area (Å²) in [7, 11) is 1.54. The SMILES string of the molecule is Cc1cnn(CCCNC(=O)c2c(C(=O)O)cnn2C)c1. The maximum absolute atomic E-state index is 12.0. The minimum atomic E-state index is -1.17. The molecule has 0 bridgehead atoms. The van der Waals surface area contributed by atoms with Gasteiger partial charge in [-0.2, -0.15) is 10.2 Å². The molecule has 2 aromatic rings. The summed E-state index contributed by atoms with van der Waals surface area (Å²) in [5, 5.41) is 19.6. The Balaban J connectivity index is 1.87. The summed E-state index contributed by atoms with van der Waals surface area (Å²) in [6.45, 7) is 3.08. The van der Waals surface area contributed by atoms with Crippen LogP contribution in [0.1, 0.15) is 32.8 Å². The lowest BCUT2D eigenvalue weighted by Gasteiger charge is -2.06. The van der Waals surface area contributed by atoms with Gasteiger partial charge in [0.15, 0.2) is 0 Å². The number of carbonyl (C=O) groups is 2. The van der Waals surface area contributed by atoms with Crippen molar-refractivity contribution in [1.29, 1.82) is 0 Å². The summed E-state index contributed by atoms with van der Waals surface area (Å²) < 4.78 is 3.06. The van der Waals surface area contributed by atoms with Gasteiger partial charge in [0.1, 0.15) is 11.3 Å². The van der Waals surface area contributed by atoms with Crippen molar-refractivity contribution in [2.75, 3.05) is 6.54 Å². The van der Waals surface area contributed by atoms with Crippen LogP contribution in [0.4, 0.5) is 0 Å². The third-order valence-corrected chi connectivity index (χ3v) is 3.00. The molecule has 2 rings (SSSR count). The first-order chi connectivity index (χ1) is 9.99. The molecule has 21 heavy (non-hydrogen) atoms. The zero-order valence-corrected chi connectivity index (χ0v) is 11.9. The van der Waals surface area contributed by atoms with E-state index in [9.17, 15) is 9.59 Å². The molecule has 2 N–H and O–H groups in total. The molecule has 8 nitrogen and oxygen atoms in total. The average molecular weight is 291 g/mol. The lowest BCUT2D eigenvalue weighted by molar-refractivity contribution is 0.0690. The summed E-state index contributed by atoms with van der Waals surface area (Å²) in [5.41, 5.74) is 1.04. The van der Waals surface area contributed by atoms with E-state index in [0.717, 1.165) is 5.56 Å². The van der Waals surface area contributed by atoms with E-state index in [1.807, 2.05) is 13.1 Å². The van der Waals surface area contributed by atoms with Crippen molar-refractivity contribution in [3.05, 3.63) is 35.4 Å². The summed E-state index contributed by atoms with van der Waals surface area (Å²) in [6, 6.07) is 0. The van der Waals surface area contributed by atoms with Crippen LogP contribution in [0.25, 0.3) is 0 Å². The molecular formula is C13H17N5O3. The molecule has 0 aliphatic carbocycles. The highest BCUT2D eigenvalue weighted by Crippen LogP contribution is 2.07.